The number of carbonyl (C=O) groups excluding carboxylic acids is 1. The summed E-state index contributed by atoms with van der Waals surface area (Å²) < 4.78 is 5.27. The molecule has 1 saturated heterocycles. The van der Waals surface area contributed by atoms with Crippen molar-refractivity contribution in [1.82, 2.24) is 10.2 Å². The number of aryl methyl sites for hydroxylation is 1. The molecule has 0 atom stereocenters. The van der Waals surface area contributed by atoms with Gasteiger partial charge in [-0.25, -0.2) is 0 Å². The Hall–Kier alpha value is -1.40. The molecule has 0 radical (unpaired) electrons. The standard InChI is InChI=1S/C11H18N4O2/c1-8-6-9(15-14-8)13-10(16)11(7-12)2-4-17-5-3-11/h6H,2-5,7,12H2,1H3,(H2,13,14,15,16). The average Bonchev–Trinajstić information content (AvgIpc) is 2.75. The highest BCUT2D eigenvalue weighted by Gasteiger charge is 2.39. The molecule has 1 aliphatic rings. The van der Waals surface area contributed by atoms with Gasteiger partial charge < -0.3 is 15.8 Å². The van der Waals surface area contributed by atoms with Gasteiger partial charge in [0.15, 0.2) is 5.82 Å². The number of ether oxygens (including phenoxy) is 1. The van der Waals surface area contributed by atoms with Gasteiger partial charge in [0.05, 0.1) is 5.41 Å². The number of nitrogens with one attached hydrogen (secondary N) is 2. The number of anilines is 1. The lowest BCUT2D eigenvalue weighted by atomic mass is 9.79. The second kappa shape index (κ2) is 4.85. The molecule has 1 aromatic rings. The summed E-state index contributed by atoms with van der Waals surface area (Å²) in [5, 5.41) is 9.58. The molecule has 0 unspecified atom stereocenters. The second-order valence-corrected chi connectivity index (χ2v) is 4.49. The number of rotatable bonds is 3. The van der Waals surface area contributed by atoms with Crippen molar-refractivity contribution < 1.29 is 9.53 Å². The smallest absolute Gasteiger partial charge is 0.233 e. The minimum atomic E-state index is -0.509. The molecule has 94 valence electrons. The van der Waals surface area contributed by atoms with E-state index >= 15 is 0 Å². The Morgan fingerprint density at radius 2 is 2.35 bits per heavy atom. The molecule has 0 saturated carbocycles. The molecule has 1 fully saturated rings. The minimum Gasteiger partial charge on any atom is -0.381 e. The number of nitrogens with zero attached hydrogens (tertiary/aromatic N) is 1. The summed E-state index contributed by atoms with van der Waals surface area (Å²) in [5.41, 5.74) is 6.16. The van der Waals surface area contributed by atoms with Gasteiger partial charge >= 0.3 is 0 Å². The van der Waals surface area contributed by atoms with Gasteiger partial charge in [0, 0.05) is 31.5 Å². The van der Waals surface area contributed by atoms with Crippen molar-refractivity contribution in [2.75, 3.05) is 25.1 Å². The lowest BCUT2D eigenvalue weighted by Crippen LogP contribution is -2.46. The van der Waals surface area contributed by atoms with Crippen molar-refractivity contribution in [3.8, 4) is 0 Å². The van der Waals surface area contributed by atoms with Crippen LogP contribution in [0.2, 0.25) is 0 Å². The van der Waals surface area contributed by atoms with Crippen LogP contribution < -0.4 is 11.1 Å². The maximum Gasteiger partial charge on any atom is 0.233 e. The van der Waals surface area contributed by atoms with Gasteiger partial charge in [-0.05, 0) is 19.8 Å². The fraction of sp³-hybridized carbons (Fsp3) is 0.636. The molecule has 17 heavy (non-hydrogen) atoms. The number of aromatic nitrogens is 2. The monoisotopic (exact) mass is 238 g/mol. The maximum atomic E-state index is 12.2. The average molecular weight is 238 g/mol. The van der Waals surface area contributed by atoms with Gasteiger partial charge in [-0.2, -0.15) is 5.10 Å². The Morgan fingerprint density at radius 3 is 2.88 bits per heavy atom. The lowest BCUT2D eigenvalue weighted by molar-refractivity contribution is -0.130. The van der Waals surface area contributed by atoms with Gasteiger partial charge in [0.1, 0.15) is 0 Å². The second-order valence-electron chi connectivity index (χ2n) is 4.49. The molecular formula is C11H18N4O2. The number of hydrogen-bond acceptors (Lipinski definition) is 4. The van der Waals surface area contributed by atoms with Gasteiger partial charge in [-0.15, -0.1) is 0 Å². The van der Waals surface area contributed by atoms with Crippen LogP contribution in [0.5, 0.6) is 0 Å². The highest BCUT2D eigenvalue weighted by Crippen LogP contribution is 2.30. The van der Waals surface area contributed by atoms with Crippen LogP contribution in [0, 0.1) is 12.3 Å². The Morgan fingerprint density at radius 1 is 1.65 bits per heavy atom. The van der Waals surface area contributed by atoms with Crippen molar-refractivity contribution in [3.63, 3.8) is 0 Å². The van der Waals surface area contributed by atoms with E-state index in [9.17, 15) is 4.79 Å². The van der Waals surface area contributed by atoms with Crippen LogP contribution >= 0.6 is 0 Å². The van der Waals surface area contributed by atoms with Crippen LogP contribution in [0.25, 0.3) is 0 Å². The molecule has 1 aromatic heterocycles. The van der Waals surface area contributed by atoms with E-state index in [1.54, 1.807) is 6.07 Å². The van der Waals surface area contributed by atoms with E-state index < -0.39 is 5.41 Å². The Bertz CT molecular complexity index is 396. The topological polar surface area (TPSA) is 93.0 Å². The first-order chi connectivity index (χ1) is 8.16. The molecule has 0 aromatic carbocycles. The predicted molar refractivity (Wildman–Crippen MR) is 63.5 cm³/mol. The van der Waals surface area contributed by atoms with Gasteiger partial charge in [0.25, 0.3) is 0 Å². The van der Waals surface area contributed by atoms with Crippen molar-refractivity contribution in [1.29, 1.82) is 0 Å². The largest absolute Gasteiger partial charge is 0.381 e. The van der Waals surface area contributed by atoms with Crippen molar-refractivity contribution >= 4 is 11.7 Å². The molecular weight excluding hydrogens is 220 g/mol. The van der Waals surface area contributed by atoms with Crippen molar-refractivity contribution in [3.05, 3.63) is 11.8 Å². The van der Waals surface area contributed by atoms with Gasteiger partial charge in [-0.3, -0.25) is 9.89 Å². The number of H-pyrrole nitrogens is 1. The summed E-state index contributed by atoms with van der Waals surface area (Å²) in [6.07, 6.45) is 1.33. The molecule has 2 rings (SSSR count). The third kappa shape index (κ3) is 2.48. The summed E-state index contributed by atoms with van der Waals surface area (Å²) in [5.74, 6) is 0.488. The predicted octanol–water partition coefficient (Wildman–Crippen LogP) is 0.412. The van der Waals surface area contributed by atoms with Crippen LogP contribution in [0.1, 0.15) is 18.5 Å². The molecule has 2 heterocycles. The zero-order chi connectivity index (χ0) is 12.3. The number of aromatic amines is 1. The van der Waals surface area contributed by atoms with E-state index in [0.717, 1.165) is 5.69 Å². The summed E-state index contributed by atoms with van der Waals surface area (Å²) >= 11 is 0. The highest BCUT2D eigenvalue weighted by atomic mass is 16.5. The van der Waals surface area contributed by atoms with Crippen LogP contribution in [0.15, 0.2) is 6.07 Å². The van der Waals surface area contributed by atoms with Crippen molar-refractivity contribution in [2.24, 2.45) is 11.1 Å². The molecule has 6 heteroatoms. The highest BCUT2D eigenvalue weighted by molar-refractivity contribution is 5.94. The van der Waals surface area contributed by atoms with E-state index in [-0.39, 0.29) is 5.91 Å². The summed E-state index contributed by atoms with van der Waals surface area (Å²) in [6, 6.07) is 1.79. The third-order valence-electron chi connectivity index (χ3n) is 3.27. The number of amides is 1. The van der Waals surface area contributed by atoms with Crippen molar-refractivity contribution in [2.45, 2.75) is 19.8 Å². The fourth-order valence-electron chi connectivity index (χ4n) is 2.02. The molecule has 4 N–H and O–H groups in total. The number of hydrogen-bond donors (Lipinski definition) is 3. The van der Waals surface area contributed by atoms with Crippen LogP contribution in [-0.2, 0) is 9.53 Å². The fourth-order valence-corrected chi connectivity index (χ4v) is 2.02. The SMILES string of the molecule is Cc1cc(NC(=O)C2(CN)CCOCC2)n[nH]1. The zero-order valence-corrected chi connectivity index (χ0v) is 9.95. The van der Waals surface area contributed by atoms with Crippen LogP contribution in [0.4, 0.5) is 5.82 Å². The lowest BCUT2D eigenvalue weighted by Gasteiger charge is -2.34. The molecule has 0 bridgehead atoms. The Labute approximate surface area is 99.9 Å². The van der Waals surface area contributed by atoms with E-state index in [1.807, 2.05) is 6.92 Å². The zero-order valence-electron chi connectivity index (χ0n) is 9.95. The van der Waals surface area contributed by atoms with Crippen LogP contribution in [-0.4, -0.2) is 35.9 Å². The van der Waals surface area contributed by atoms with Gasteiger partial charge in [-0.1, -0.05) is 0 Å². The molecule has 0 spiro atoms. The third-order valence-corrected chi connectivity index (χ3v) is 3.27. The Kier molecular flexibility index (Phi) is 3.44. The first-order valence-electron chi connectivity index (χ1n) is 5.77. The Balaban J connectivity index is 2.07. The summed E-state index contributed by atoms with van der Waals surface area (Å²) in [6.45, 7) is 3.40. The molecule has 1 aliphatic heterocycles. The molecule has 1 amide bonds. The molecule has 6 nitrogen and oxygen atoms in total. The van der Waals surface area contributed by atoms with E-state index in [4.69, 9.17) is 10.5 Å². The number of nitrogens with two attached hydrogens (primary N) is 1. The quantitative estimate of drug-likeness (QED) is 0.711. The normalized spacial score (nSPS) is 18.9. The molecule has 0 aliphatic carbocycles. The minimum absolute atomic E-state index is 0.0604. The van der Waals surface area contributed by atoms with Gasteiger partial charge in [0.2, 0.25) is 5.91 Å². The van der Waals surface area contributed by atoms with E-state index in [1.165, 1.54) is 0 Å². The first-order valence-corrected chi connectivity index (χ1v) is 5.77. The summed E-state index contributed by atoms with van der Waals surface area (Å²) in [4.78, 5) is 12.2. The maximum absolute atomic E-state index is 12.2. The summed E-state index contributed by atoms with van der Waals surface area (Å²) in [7, 11) is 0. The van der Waals surface area contributed by atoms with E-state index in [0.29, 0.717) is 38.4 Å². The van der Waals surface area contributed by atoms with E-state index in [2.05, 4.69) is 15.5 Å². The number of carbonyl (C=O) groups is 1. The van der Waals surface area contributed by atoms with Crippen LogP contribution in [0.3, 0.4) is 0 Å². The first kappa shape index (κ1) is 12.1.